The molecular weight excluding hydrogens is 427 g/mol. The highest BCUT2D eigenvalue weighted by Gasteiger charge is 2.08. The Labute approximate surface area is 178 Å². The van der Waals surface area contributed by atoms with Gasteiger partial charge in [-0.05, 0) is 60.5 Å². The van der Waals surface area contributed by atoms with E-state index in [-0.39, 0.29) is 22.4 Å². The van der Waals surface area contributed by atoms with Crippen molar-refractivity contribution in [3.05, 3.63) is 72.0 Å². The molecule has 0 bridgehead atoms. The van der Waals surface area contributed by atoms with Crippen molar-refractivity contribution in [1.82, 2.24) is 15.5 Å². The summed E-state index contributed by atoms with van der Waals surface area (Å²) < 4.78 is 35.5. The highest BCUT2D eigenvalue weighted by Crippen LogP contribution is 2.20. The van der Waals surface area contributed by atoms with Gasteiger partial charge in [0.25, 0.3) is 0 Å². The molecule has 0 unspecified atom stereocenters. The van der Waals surface area contributed by atoms with Crippen molar-refractivity contribution in [2.45, 2.75) is 16.3 Å². The molecule has 0 saturated carbocycles. The number of hydrogen-bond donors (Lipinski definition) is 2. The van der Waals surface area contributed by atoms with E-state index in [4.69, 9.17) is 5.14 Å². The molecule has 1 aromatic heterocycles. The predicted molar refractivity (Wildman–Crippen MR) is 113 cm³/mol. The maximum Gasteiger partial charge on any atom is 0.238 e. The summed E-state index contributed by atoms with van der Waals surface area (Å²) in [6.07, 6.45) is 0.563. The van der Waals surface area contributed by atoms with Gasteiger partial charge in [-0.15, -0.1) is 10.2 Å². The van der Waals surface area contributed by atoms with Gasteiger partial charge in [-0.2, -0.15) is 0 Å². The molecular formula is C20H19FN4O3S2. The van der Waals surface area contributed by atoms with Gasteiger partial charge in [0.1, 0.15) is 10.8 Å². The molecule has 7 nitrogen and oxygen atoms in total. The van der Waals surface area contributed by atoms with E-state index in [0.29, 0.717) is 23.7 Å². The van der Waals surface area contributed by atoms with Crippen molar-refractivity contribution in [3.8, 4) is 11.3 Å². The molecule has 1 amide bonds. The summed E-state index contributed by atoms with van der Waals surface area (Å²) in [5.74, 6) is -0.273. The molecule has 0 aliphatic carbocycles. The number of carbonyl (C=O) groups excluding carboxylic acids is 1. The summed E-state index contributed by atoms with van der Waals surface area (Å²) in [5, 5.41) is 16.7. The summed E-state index contributed by atoms with van der Waals surface area (Å²) in [5.41, 5.74) is 2.27. The van der Waals surface area contributed by atoms with Crippen LogP contribution in [0.4, 0.5) is 4.39 Å². The summed E-state index contributed by atoms with van der Waals surface area (Å²) in [4.78, 5) is 12.1. The van der Waals surface area contributed by atoms with Crippen LogP contribution in [0, 0.1) is 5.82 Å². The maximum atomic E-state index is 13.0. The van der Waals surface area contributed by atoms with Gasteiger partial charge in [0.05, 0.1) is 16.3 Å². The minimum absolute atomic E-state index is 0.0539. The Morgan fingerprint density at radius 3 is 2.30 bits per heavy atom. The number of nitrogens with zero attached hydrogens (tertiary/aromatic N) is 2. The van der Waals surface area contributed by atoms with Crippen LogP contribution in [0.15, 0.2) is 70.6 Å². The Bertz CT molecular complexity index is 1100. The lowest BCUT2D eigenvalue weighted by Gasteiger charge is -2.06. The average molecular weight is 447 g/mol. The molecule has 0 saturated heterocycles. The average Bonchev–Trinajstić information content (AvgIpc) is 2.73. The summed E-state index contributed by atoms with van der Waals surface area (Å²) in [6, 6.07) is 15.7. The van der Waals surface area contributed by atoms with Crippen LogP contribution in [-0.2, 0) is 21.2 Å². The number of thioether (sulfide) groups is 1. The van der Waals surface area contributed by atoms with Gasteiger partial charge in [0.15, 0.2) is 0 Å². The Morgan fingerprint density at radius 1 is 1.00 bits per heavy atom. The Kier molecular flexibility index (Phi) is 7.14. The zero-order valence-electron chi connectivity index (χ0n) is 15.8. The number of primary sulfonamides is 1. The summed E-state index contributed by atoms with van der Waals surface area (Å²) in [6.45, 7) is 0.420. The van der Waals surface area contributed by atoms with Gasteiger partial charge < -0.3 is 5.32 Å². The van der Waals surface area contributed by atoms with E-state index in [9.17, 15) is 17.6 Å². The highest BCUT2D eigenvalue weighted by atomic mass is 32.2. The van der Waals surface area contributed by atoms with E-state index in [1.807, 2.05) is 0 Å². The van der Waals surface area contributed by atoms with Crippen molar-refractivity contribution < 1.29 is 17.6 Å². The first-order valence-corrected chi connectivity index (χ1v) is 11.5. The fraction of sp³-hybridized carbons (Fsp3) is 0.150. The van der Waals surface area contributed by atoms with Crippen LogP contribution in [0.25, 0.3) is 11.3 Å². The standard InChI is InChI=1S/C20H19FN4O3S2/c21-16-5-3-15(4-6-16)18-9-10-20(25-24-18)29-13-19(26)23-12-11-14-1-7-17(8-2-14)30(22,27)28/h1-10H,11-13H2,(H,23,26)(H2,22,27,28). The monoisotopic (exact) mass is 446 g/mol. The number of benzene rings is 2. The molecule has 0 spiro atoms. The number of aromatic nitrogens is 2. The molecule has 2 aromatic carbocycles. The third-order valence-corrected chi connectivity index (χ3v) is 5.97. The van der Waals surface area contributed by atoms with Crippen molar-refractivity contribution >= 4 is 27.7 Å². The fourth-order valence-corrected chi connectivity index (χ4v) is 3.71. The van der Waals surface area contributed by atoms with Crippen LogP contribution >= 0.6 is 11.8 Å². The minimum atomic E-state index is -3.71. The quantitative estimate of drug-likeness (QED) is 0.514. The predicted octanol–water partition coefficient (Wildman–Crippen LogP) is 2.38. The van der Waals surface area contributed by atoms with Crippen LogP contribution in [0.3, 0.4) is 0 Å². The number of sulfonamides is 1. The van der Waals surface area contributed by atoms with Crippen LogP contribution in [0.5, 0.6) is 0 Å². The highest BCUT2D eigenvalue weighted by molar-refractivity contribution is 7.99. The number of nitrogens with two attached hydrogens (primary N) is 1. The fourth-order valence-electron chi connectivity index (χ4n) is 2.55. The second-order valence-electron chi connectivity index (χ2n) is 6.34. The Hall–Kier alpha value is -2.82. The number of rotatable bonds is 8. The molecule has 3 aromatic rings. The van der Waals surface area contributed by atoms with E-state index in [1.54, 1.807) is 36.4 Å². The molecule has 0 fully saturated rings. The first-order chi connectivity index (χ1) is 14.3. The lowest BCUT2D eigenvalue weighted by atomic mass is 10.1. The van der Waals surface area contributed by atoms with Crippen molar-refractivity contribution in [2.75, 3.05) is 12.3 Å². The van der Waals surface area contributed by atoms with Gasteiger partial charge in [0, 0.05) is 12.1 Å². The van der Waals surface area contributed by atoms with E-state index in [2.05, 4.69) is 15.5 Å². The first-order valence-electron chi connectivity index (χ1n) is 8.92. The zero-order valence-corrected chi connectivity index (χ0v) is 17.4. The normalized spacial score (nSPS) is 11.3. The van der Waals surface area contributed by atoms with E-state index < -0.39 is 10.0 Å². The number of nitrogens with one attached hydrogen (secondary N) is 1. The molecule has 10 heteroatoms. The molecule has 0 atom stereocenters. The zero-order chi connectivity index (χ0) is 21.6. The number of carbonyl (C=O) groups is 1. The molecule has 1 heterocycles. The number of amides is 1. The lowest BCUT2D eigenvalue weighted by molar-refractivity contribution is -0.118. The van der Waals surface area contributed by atoms with Crippen molar-refractivity contribution in [1.29, 1.82) is 0 Å². The van der Waals surface area contributed by atoms with Gasteiger partial charge in [-0.1, -0.05) is 23.9 Å². The second-order valence-corrected chi connectivity index (χ2v) is 8.90. The third kappa shape index (κ3) is 6.34. The molecule has 3 N–H and O–H groups in total. The van der Waals surface area contributed by atoms with Crippen LogP contribution in [0.2, 0.25) is 0 Å². The molecule has 30 heavy (non-hydrogen) atoms. The van der Waals surface area contributed by atoms with E-state index >= 15 is 0 Å². The third-order valence-electron chi connectivity index (χ3n) is 4.12. The van der Waals surface area contributed by atoms with Gasteiger partial charge in [-0.25, -0.2) is 17.9 Å². The van der Waals surface area contributed by atoms with E-state index in [0.717, 1.165) is 11.1 Å². The van der Waals surface area contributed by atoms with Crippen LogP contribution in [0.1, 0.15) is 5.56 Å². The summed E-state index contributed by atoms with van der Waals surface area (Å²) in [7, 11) is -3.71. The largest absolute Gasteiger partial charge is 0.355 e. The van der Waals surface area contributed by atoms with Gasteiger partial charge >= 0.3 is 0 Å². The Balaban J connectivity index is 1.43. The molecule has 3 rings (SSSR count). The van der Waals surface area contributed by atoms with Crippen molar-refractivity contribution in [3.63, 3.8) is 0 Å². The van der Waals surface area contributed by atoms with Crippen molar-refractivity contribution in [2.24, 2.45) is 5.14 Å². The second kappa shape index (κ2) is 9.79. The van der Waals surface area contributed by atoms with Gasteiger partial charge in [-0.3, -0.25) is 4.79 Å². The molecule has 0 radical (unpaired) electrons. The number of hydrogen-bond acceptors (Lipinski definition) is 6. The molecule has 0 aliphatic rings. The first kappa shape index (κ1) is 21.9. The maximum absolute atomic E-state index is 13.0. The molecule has 0 aliphatic heterocycles. The summed E-state index contributed by atoms with van der Waals surface area (Å²) >= 11 is 1.26. The Morgan fingerprint density at radius 2 is 1.70 bits per heavy atom. The number of halogens is 1. The van der Waals surface area contributed by atoms with E-state index in [1.165, 1.54) is 36.0 Å². The van der Waals surface area contributed by atoms with Crippen LogP contribution < -0.4 is 10.5 Å². The lowest BCUT2D eigenvalue weighted by Crippen LogP contribution is -2.27. The van der Waals surface area contributed by atoms with Crippen LogP contribution in [-0.4, -0.2) is 36.8 Å². The smallest absolute Gasteiger partial charge is 0.238 e. The topological polar surface area (TPSA) is 115 Å². The SMILES string of the molecule is NS(=O)(=O)c1ccc(CCNC(=O)CSc2ccc(-c3ccc(F)cc3)nn2)cc1. The minimum Gasteiger partial charge on any atom is -0.355 e. The van der Waals surface area contributed by atoms with Gasteiger partial charge in [0.2, 0.25) is 15.9 Å². The molecule has 156 valence electrons.